The minimum absolute atomic E-state index is 0.490. The number of ether oxygens (including phenoxy) is 2. The largest absolute Gasteiger partial charge is 0.350 e. The van der Waals surface area contributed by atoms with Crippen molar-refractivity contribution in [2.24, 2.45) is 0 Å². The molecular formula is C13H15N3O2. The molecular weight excluding hydrogens is 230 g/mol. The molecule has 2 aromatic heterocycles. The van der Waals surface area contributed by atoms with Crippen LogP contribution >= 0.6 is 0 Å². The minimum Gasteiger partial charge on any atom is -0.350 e. The Kier molecular flexibility index (Phi) is 3.96. The first-order valence-corrected chi connectivity index (χ1v) is 5.56. The van der Waals surface area contributed by atoms with Crippen LogP contribution in [0.1, 0.15) is 17.5 Å². The molecule has 2 heterocycles. The van der Waals surface area contributed by atoms with Crippen molar-refractivity contribution in [3.05, 3.63) is 41.9 Å². The Labute approximate surface area is 106 Å². The van der Waals surface area contributed by atoms with Crippen LogP contribution in [0.4, 0.5) is 0 Å². The van der Waals surface area contributed by atoms with Crippen LogP contribution in [0.2, 0.25) is 0 Å². The molecule has 94 valence electrons. The van der Waals surface area contributed by atoms with Gasteiger partial charge in [-0.25, -0.2) is 9.97 Å². The lowest BCUT2D eigenvalue weighted by Gasteiger charge is -2.13. The van der Waals surface area contributed by atoms with Crippen LogP contribution in [-0.4, -0.2) is 29.2 Å². The molecule has 0 N–H and O–H groups in total. The van der Waals surface area contributed by atoms with Crippen LogP contribution in [0.3, 0.4) is 0 Å². The Morgan fingerprint density at radius 1 is 1.06 bits per heavy atom. The first-order chi connectivity index (χ1) is 8.76. The van der Waals surface area contributed by atoms with E-state index in [1.54, 1.807) is 32.7 Å². The molecule has 0 bridgehead atoms. The van der Waals surface area contributed by atoms with Gasteiger partial charge >= 0.3 is 0 Å². The smallest absolute Gasteiger partial charge is 0.200 e. The molecule has 0 unspecified atom stereocenters. The number of pyridine rings is 1. The van der Waals surface area contributed by atoms with Crippen molar-refractivity contribution in [2.45, 2.75) is 13.2 Å². The fraction of sp³-hybridized carbons (Fsp3) is 0.308. The van der Waals surface area contributed by atoms with E-state index in [-0.39, 0.29) is 0 Å². The molecule has 0 amide bonds. The quantitative estimate of drug-likeness (QED) is 0.772. The predicted molar refractivity (Wildman–Crippen MR) is 66.8 cm³/mol. The number of methoxy groups -OCH3 is 2. The predicted octanol–water partition coefficient (Wildman–Crippen LogP) is 2.14. The van der Waals surface area contributed by atoms with Crippen LogP contribution in [0.25, 0.3) is 11.5 Å². The molecule has 0 saturated carbocycles. The molecule has 0 aromatic carbocycles. The van der Waals surface area contributed by atoms with Gasteiger partial charge in [0.05, 0.1) is 0 Å². The van der Waals surface area contributed by atoms with Crippen molar-refractivity contribution in [2.75, 3.05) is 14.2 Å². The zero-order valence-electron chi connectivity index (χ0n) is 10.6. The Morgan fingerprint density at radius 3 is 2.50 bits per heavy atom. The van der Waals surface area contributed by atoms with Gasteiger partial charge in [0.25, 0.3) is 0 Å². The summed E-state index contributed by atoms with van der Waals surface area (Å²) < 4.78 is 10.3. The highest BCUT2D eigenvalue weighted by Gasteiger charge is 2.13. The van der Waals surface area contributed by atoms with Gasteiger partial charge in [0, 0.05) is 26.6 Å². The third kappa shape index (κ3) is 2.52. The summed E-state index contributed by atoms with van der Waals surface area (Å²) in [5, 5.41) is 0. The maximum Gasteiger partial charge on any atom is 0.200 e. The number of aromatic nitrogens is 3. The lowest BCUT2D eigenvalue weighted by molar-refractivity contribution is -0.108. The lowest BCUT2D eigenvalue weighted by Crippen LogP contribution is -2.07. The normalized spacial score (nSPS) is 10.9. The zero-order chi connectivity index (χ0) is 13.0. The third-order valence-corrected chi connectivity index (χ3v) is 2.57. The van der Waals surface area contributed by atoms with Gasteiger partial charge in [0.1, 0.15) is 11.4 Å². The monoisotopic (exact) mass is 245 g/mol. The van der Waals surface area contributed by atoms with Gasteiger partial charge in [-0.15, -0.1) is 0 Å². The fourth-order valence-corrected chi connectivity index (χ4v) is 1.68. The van der Waals surface area contributed by atoms with Crippen LogP contribution in [0.15, 0.2) is 30.6 Å². The van der Waals surface area contributed by atoms with Crippen molar-refractivity contribution in [3.63, 3.8) is 0 Å². The number of rotatable bonds is 4. The van der Waals surface area contributed by atoms with E-state index in [2.05, 4.69) is 15.0 Å². The molecule has 0 radical (unpaired) electrons. The number of hydrogen-bond donors (Lipinski definition) is 0. The number of nitrogens with zero attached hydrogens (tertiary/aromatic N) is 3. The summed E-state index contributed by atoms with van der Waals surface area (Å²) in [4.78, 5) is 13.0. The third-order valence-electron chi connectivity index (χ3n) is 2.57. The standard InChI is InChI=1S/C13H15N3O2/c1-9-5-4-7-14-11(9)12-15-8-6-10(16-12)13(17-2)18-3/h4-8,13H,1-3H3. The molecule has 0 aliphatic carbocycles. The molecule has 2 aromatic rings. The Morgan fingerprint density at radius 2 is 1.83 bits per heavy atom. The van der Waals surface area contributed by atoms with Gasteiger partial charge in [-0.2, -0.15) is 0 Å². The summed E-state index contributed by atoms with van der Waals surface area (Å²) in [6.45, 7) is 1.97. The zero-order valence-corrected chi connectivity index (χ0v) is 10.6. The van der Waals surface area contributed by atoms with Crippen LogP contribution < -0.4 is 0 Å². The average Bonchev–Trinajstić information content (AvgIpc) is 2.41. The topological polar surface area (TPSA) is 57.1 Å². The molecule has 18 heavy (non-hydrogen) atoms. The van der Waals surface area contributed by atoms with Crippen molar-refractivity contribution >= 4 is 0 Å². The molecule has 5 nitrogen and oxygen atoms in total. The van der Waals surface area contributed by atoms with Crippen LogP contribution in [-0.2, 0) is 9.47 Å². The summed E-state index contributed by atoms with van der Waals surface area (Å²) >= 11 is 0. The Bertz CT molecular complexity index is 527. The van der Waals surface area contributed by atoms with Crippen molar-refractivity contribution < 1.29 is 9.47 Å². The highest BCUT2D eigenvalue weighted by Crippen LogP contribution is 2.19. The summed E-state index contributed by atoms with van der Waals surface area (Å²) in [5.41, 5.74) is 2.47. The van der Waals surface area contributed by atoms with Crippen LogP contribution in [0, 0.1) is 6.92 Å². The second kappa shape index (κ2) is 5.66. The maximum atomic E-state index is 5.17. The van der Waals surface area contributed by atoms with Crippen molar-refractivity contribution in [1.29, 1.82) is 0 Å². The van der Waals surface area contributed by atoms with Gasteiger partial charge in [0.15, 0.2) is 5.82 Å². The minimum atomic E-state index is -0.490. The van der Waals surface area contributed by atoms with Gasteiger partial charge in [-0.05, 0) is 24.6 Å². The summed E-state index contributed by atoms with van der Waals surface area (Å²) in [6.07, 6.45) is 2.91. The van der Waals surface area contributed by atoms with Crippen molar-refractivity contribution in [3.8, 4) is 11.5 Å². The molecule has 5 heteroatoms. The van der Waals surface area contributed by atoms with E-state index in [0.29, 0.717) is 11.5 Å². The summed E-state index contributed by atoms with van der Waals surface area (Å²) in [6, 6.07) is 5.62. The molecule has 0 spiro atoms. The second-order valence-electron chi connectivity index (χ2n) is 3.78. The molecule has 0 saturated heterocycles. The van der Waals surface area contributed by atoms with E-state index in [1.165, 1.54) is 0 Å². The van der Waals surface area contributed by atoms with Gasteiger partial charge in [-0.1, -0.05) is 6.07 Å². The van der Waals surface area contributed by atoms with Gasteiger partial charge in [0.2, 0.25) is 6.29 Å². The van der Waals surface area contributed by atoms with E-state index in [0.717, 1.165) is 11.3 Å². The number of aryl methyl sites for hydroxylation is 1. The van der Waals surface area contributed by atoms with E-state index in [4.69, 9.17) is 9.47 Å². The highest BCUT2D eigenvalue weighted by molar-refractivity contribution is 5.53. The van der Waals surface area contributed by atoms with Gasteiger partial charge in [-0.3, -0.25) is 4.98 Å². The van der Waals surface area contributed by atoms with E-state index in [1.807, 2.05) is 19.1 Å². The summed E-state index contributed by atoms with van der Waals surface area (Å²) in [5.74, 6) is 0.574. The fourth-order valence-electron chi connectivity index (χ4n) is 1.68. The average molecular weight is 245 g/mol. The SMILES string of the molecule is COC(OC)c1ccnc(-c2ncccc2C)n1. The first kappa shape index (κ1) is 12.6. The van der Waals surface area contributed by atoms with E-state index in [9.17, 15) is 0 Å². The molecule has 0 aliphatic heterocycles. The summed E-state index contributed by atoms with van der Waals surface area (Å²) in [7, 11) is 3.14. The first-order valence-electron chi connectivity index (χ1n) is 5.56. The number of hydrogen-bond acceptors (Lipinski definition) is 5. The highest BCUT2D eigenvalue weighted by atomic mass is 16.7. The Hall–Kier alpha value is -1.85. The van der Waals surface area contributed by atoms with E-state index >= 15 is 0 Å². The Balaban J connectivity index is 2.42. The van der Waals surface area contributed by atoms with Gasteiger partial charge < -0.3 is 9.47 Å². The molecule has 0 aliphatic rings. The second-order valence-corrected chi connectivity index (χ2v) is 3.78. The maximum absolute atomic E-state index is 5.17. The van der Waals surface area contributed by atoms with Crippen LogP contribution in [0.5, 0.6) is 0 Å². The van der Waals surface area contributed by atoms with E-state index < -0.39 is 6.29 Å². The molecule has 2 rings (SSSR count). The van der Waals surface area contributed by atoms with Crippen molar-refractivity contribution in [1.82, 2.24) is 15.0 Å². The molecule has 0 atom stereocenters. The lowest BCUT2D eigenvalue weighted by atomic mass is 10.2. The molecule has 0 fully saturated rings.